The minimum atomic E-state index is -2.03. The zero-order valence-electron chi connectivity index (χ0n) is 74.4. The van der Waals surface area contributed by atoms with Crippen LogP contribution in [0.3, 0.4) is 0 Å². The molecule has 17 N–H and O–H groups in total. The number of ether oxygens (including phenoxy) is 6. The molecule has 1 unspecified atom stereocenters. The first-order valence-electron chi connectivity index (χ1n) is 41.3. The van der Waals surface area contributed by atoms with Crippen molar-refractivity contribution in [3.8, 4) is 11.1 Å². The molecule has 0 aliphatic carbocycles. The molecular formula is C85H129N15O24. The molecule has 3 aromatic rings. The number of carbonyl (C=O) groups excluding carboxylic acids is 16. The van der Waals surface area contributed by atoms with Gasteiger partial charge in [-0.2, -0.15) is 0 Å². The Bertz CT molecular complexity index is 4100. The fourth-order valence-electron chi connectivity index (χ4n) is 11.8. The first kappa shape index (κ1) is 104. The molecule has 1 aliphatic heterocycles. The van der Waals surface area contributed by atoms with Crippen LogP contribution in [0.1, 0.15) is 192 Å². The SMILES string of the molecule is CC(C)C[C@@H]1NC(=O)[C@@H](Cc2ccccc2)NC(=O)[C@H](CCNC(=O)OC(C)(C)C)NC(=O)[C@@H](NC(=O)[C@H](CCNC(=O)OC(C)(C)C)NC(=O)[C@@H](NC(=O)[C@H](CCNC(=O)OC(C)(C)C)OC(=O)c2ccc(-c3ccccc3)cc2)C(C)O)CCNC(=O)[C@H]([C@H](C)O)NC(=O)[C@H](CCNC(=O)OC(C)(C)C)NC(=O)[C@H](CCNC(=O)OC(C)(C)C)NC1=O. The van der Waals surface area contributed by atoms with E-state index in [9.17, 15) is 67.7 Å². The molecule has 1 fully saturated rings. The van der Waals surface area contributed by atoms with Crippen molar-refractivity contribution in [3.63, 3.8) is 0 Å². The lowest BCUT2D eigenvalue weighted by Crippen LogP contribution is -2.62. The van der Waals surface area contributed by atoms with Crippen molar-refractivity contribution >= 4 is 95.5 Å². The Morgan fingerprint density at radius 2 is 0.798 bits per heavy atom. The molecule has 0 aromatic heterocycles. The van der Waals surface area contributed by atoms with Crippen LogP contribution >= 0.6 is 0 Å². The third-order valence-corrected chi connectivity index (χ3v) is 17.5. The molecule has 12 atom stereocenters. The largest absolute Gasteiger partial charge is 0.449 e. The summed E-state index contributed by atoms with van der Waals surface area (Å²) in [4.78, 5) is 229. The summed E-state index contributed by atoms with van der Waals surface area (Å²) in [5.41, 5.74) is -3.04. The number of benzene rings is 3. The molecule has 4 rings (SSSR count). The van der Waals surface area contributed by atoms with Crippen molar-refractivity contribution in [2.24, 2.45) is 5.92 Å². The van der Waals surface area contributed by atoms with E-state index in [1.165, 1.54) is 12.1 Å². The minimum Gasteiger partial charge on any atom is -0.449 e. The van der Waals surface area contributed by atoms with E-state index in [0.29, 0.717) is 5.56 Å². The lowest BCUT2D eigenvalue weighted by atomic mass is 10.00. The van der Waals surface area contributed by atoms with E-state index in [1.54, 1.807) is 160 Å². The molecule has 1 saturated heterocycles. The number of nitrogens with one attached hydrogen (secondary N) is 15. The van der Waals surface area contributed by atoms with E-state index in [-0.39, 0.29) is 31.5 Å². The molecule has 0 bridgehead atoms. The highest BCUT2D eigenvalue weighted by Gasteiger charge is 2.40. The smallest absolute Gasteiger partial charge is 0.407 e. The monoisotopic (exact) mass is 1740 g/mol. The minimum absolute atomic E-state index is 0.0152. The molecule has 0 saturated carbocycles. The van der Waals surface area contributed by atoms with Gasteiger partial charge in [-0.3, -0.25) is 47.9 Å². The summed E-state index contributed by atoms with van der Waals surface area (Å²) >= 11 is 0. The Labute approximate surface area is 723 Å². The van der Waals surface area contributed by atoms with E-state index in [4.69, 9.17) is 28.4 Å². The second-order valence-electron chi connectivity index (χ2n) is 35.2. The van der Waals surface area contributed by atoms with E-state index >= 15 is 19.2 Å². The van der Waals surface area contributed by atoms with E-state index < -0.39 is 267 Å². The maximum Gasteiger partial charge on any atom is 0.407 e. The van der Waals surface area contributed by atoms with E-state index in [2.05, 4.69) is 79.8 Å². The summed E-state index contributed by atoms with van der Waals surface area (Å²) in [6.07, 6.45) is -13.7. The third kappa shape index (κ3) is 40.9. The van der Waals surface area contributed by atoms with Crippen LogP contribution in [0.15, 0.2) is 84.9 Å². The summed E-state index contributed by atoms with van der Waals surface area (Å²) < 4.78 is 32.7. The van der Waals surface area contributed by atoms with E-state index in [0.717, 1.165) is 25.0 Å². The van der Waals surface area contributed by atoms with Crippen LogP contribution in [0.5, 0.6) is 0 Å². The second-order valence-corrected chi connectivity index (χ2v) is 35.2. The molecule has 3 aromatic carbocycles. The number of alkyl carbamates (subject to hydrolysis) is 5. The van der Waals surface area contributed by atoms with Gasteiger partial charge in [0.15, 0.2) is 6.10 Å². The quantitative estimate of drug-likeness (QED) is 0.0336. The third-order valence-electron chi connectivity index (χ3n) is 17.5. The Kier molecular flexibility index (Phi) is 41.1. The molecular weight excluding hydrogens is 1620 g/mol. The normalized spacial score (nSPS) is 19.4. The summed E-state index contributed by atoms with van der Waals surface area (Å²) in [5.74, 6) is -12.9. The van der Waals surface area contributed by atoms with Gasteiger partial charge in [0.2, 0.25) is 53.2 Å². The molecule has 0 spiro atoms. The van der Waals surface area contributed by atoms with Crippen LogP contribution in [0, 0.1) is 5.92 Å². The van der Waals surface area contributed by atoms with Gasteiger partial charge in [-0.15, -0.1) is 0 Å². The summed E-state index contributed by atoms with van der Waals surface area (Å²) in [6, 6.07) is 7.25. The highest BCUT2D eigenvalue weighted by molar-refractivity contribution is 6.00. The van der Waals surface area contributed by atoms with Gasteiger partial charge in [0, 0.05) is 52.1 Å². The van der Waals surface area contributed by atoms with Crippen molar-refractivity contribution in [2.45, 2.75) is 284 Å². The van der Waals surface area contributed by atoms with E-state index in [1.807, 2.05) is 30.3 Å². The highest BCUT2D eigenvalue weighted by Crippen LogP contribution is 2.22. The van der Waals surface area contributed by atoms with Crippen LogP contribution in [-0.2, 0) is 82.8 Å². The molecule has 1 aliphatic rings. The summed E-state index contributed by atoms with van der Waals surface area (Å²) in [7, 11) is 0. The number of aliphatic hydroxyl groups is 2. The second kappa shape index (κ2) is 48.8. The number of hydrogen-bond donors (Lipinski definition) is 17. The van der Waals surface area contributed by atoms with Gasteiger partial charge in [-0.1, -0.05) is 86.6 Å². The van der Waals surface area contributed by atoms with Crippen LogP contribution in [-0.4, -0.2) is 246 Å². The predicted molar refractivity (Wildman–Crippen MR) is 453 cm³/mol. The Morgan fingerprint density at radius 1 is 0.419 bits per heavy atom. The fraction of sp³-hybridized carbons (Fsp3) is 0.600. The number of aliphatic hydroxyl groups excluding tert-OH is 2. The van der Waals surface area contributed by atoms with Crippen LogP contribution in [0.4, 0.5) is 24.0 Å². The van der Waals surface area contributed by atoms with Gasteiger partial charge in [-0.05, 0) is 191 Å². The van der Waals surface area contributed by atoms with Crippen molar-refractivity contribution in [2.75, 3.05) is 39.3 Å². The van der Waals surface area contributed by atoms with Crippen LogP contribution < -0.4 is 79.8 Å². The van der Waals surface area contributed by atoms with Crippen molar-refractivity contribution in [3.05, 3.63) is 96.1 Å². The van der Waals surface area contributed by atoms with Crippen molar-refractivity contribution < 1.29 is 115 Å². The molecule has 0 radical (unpaired) electrons. The standard InChI is InChI=1S/C85H129N15O24/c1-48(2)46-60-70(108)95-56(35-41-87-76(114)120-81(5,6)7)66(104)94-59(38-44-90-79(117)123-84(14,15)16)69(107)99-63(49(3)101)73(111)86-40-34-55(65(103)93-57(36-42-88-77(115)121-82(8,9)10)68(106)98-61(71(109)97-60)47-51-26-22-20-23-27-51)92-67(105)58(37-43-89-78(116)122-83(11,12)13)96-74(112)64(50(4)102)100-72(110)62(39-45-91-80(118)124-85(17,18)19)119-75(113)54-32-30-53(31-33-54)52-28-24-21-25-29-52/h20-33,48-50,55-64,101-102H,34-47H2,1-19H3,(H,86,111)(H,87,114)(H,88,115)(H,89,116)(H,90,117)(H,91,118)(H,92,105)(H,93,103)(H,94,104)(H,95,108)(H,96,112)(H,97,109)(H,98,106)(H,99,107)(H,100,110)/t49-,50?,55-,56-,57-,58-,59-,60-,61+,62-,63-,64-/m0/s1. The molecule has 1 heterocycles. The number of amides is 15. The topological polar surface area (TPSA) is 549 Å². The number of esters is 1. The van der Waals surface area contributed by atoms with Gasteiger partial charge in [0.25, 0.3) is 5.91 Å². The molecule has 15 amide bonds. The lowest BCUT2D eigenvalue weighted by Gasteiger charge is -2.29. The van der Waals surface area contributed by atoms with Gasteiger partial charge in [-0.25, -0.2) is 28.8 Å². The Balaban J connectivity index is 1.95. The highest BCUT2D eigenvalue weighted by atomic mass is 16.6. The van der Waals surface area contributed by atoms with Gasteiger partial charge < -0.3 is 118 Å². The summed E-state index contributed by atoms with van der Waals surface area (Å²) in [6.45, 7) is 26.7. The maximum absolute atomic E-state index is 15.4. The van der Waals surface area contributed by atoms with Gasteiger partial charge in [0.1, 0.15) is 82.4 Å². The Hall–Kier alpha value is -11.9. The lowest BCUT2D eigenvalue weighted by molar-refractivity contribution is -0.138. The first-order valence-corrected chi connectivity index (χ1v) is 41.3. The number of carbonyl (C=O) groups is 16. The maximum atomic E-state index is 15.4. The molecule has 39 heteroatoms. The average molecular weight is 1750 g/mol. The first-order chi connectivity index (χ1) is 57.6. The average Bonchev–Trinajstić information content (AvgIpc) is 0.924. The summed E-state index contributed by atoms with van der Waals surface area (Å²) in [5, 5.41) is 60.5. The van der Waals surface area contributed by atoms with Crippen molar-refractivity contribution in [1.29, 1.82) is 0 Å². The number of rotatable bonds is 30. The van der Waals surface area contributed by atoms with Gasteiger partial charge >= 0.3 is 36.4 Å². The van der Waals surface area contributed by atoms with Crippen LogP contribution in [0.25, 0.3) is 11.1 Å². The molecule has 688 valence electrons. The zero-order chi connectivity index (χ0) is 93.2. The fourth-order valence-corrected chi connectivity index (χ4v) is 11.8. The molecule has 124 heavy (non-hydrogen) atoms. The molecule has 39 nitrogen and oxygen atoms in total. The van der Waals surface area contributed by atoms with Gasteiger partial charge in [0.05, 0.1) is 17.8 Å². The Morgan fingerprint density at radius 3 is 1.23 bits per heavy atom. The number of hydrogen-bond acceptors (Lipinski definition) is 24. The predicted octanol–water partition coefficient (Wildman–Crippen LogP) is 3.39. The van der Waals surface area contributed by atoms with Crippen molar-refractivity contribution in [1.82, 2.24) is 79.8 Å². The van der Waals surface area contributed by atoms with Crippen LogP contribution in [0.2, 0.25) is 0 Å². The zero-order valence-corrected chi connectivity index (χ0v) is 74.4.